The van der Waals surface area contributed by atoms with Gasteiger partial charge >= 0.3 is 0 Å². The number of ether oxygens (including phenoxy) is 1. The number of aromatic nitrogens is 2. The molecule has 2 aromatic rings. The van der Waals surface area contributed by atoms with Crippen LogP contribution in [0.5, 0.6) is 0 Å². The Morgan fingerprint density at radius 3 is 2.95 bits per heavy atom. The summed E-state index contributed by atoms with van der Waals surface area (Å²) >= 11 is 0. The number of benzene rings is 1. The van der Waals surface area contributed by atoms with E-state index in [9.17, 15) is 0 Å². The predicted molar refractivity (Wildman–Crippen MR) is 72.1 cm³/mol. The van der Waals surface area contributed by atoms with Crippen molar-refractivity contribution in [2.24, 2.45) is 0 Å². The number of para-hydroxylation sites is 1. The van der Waals surface area contributed by atoms with Gasteiger partial charge in [0.15, 0.2) is 5.82 Å². The van der Waals surface area contributed by atoms with Crippen molar-refractivity contribution < 1.29 is 4.74 Å². The zero-order chi connectivity index (χ0) is 13.5. The van der Waals surface area contributed by atoms with Gasteiger partial charge in [0.25, 0.3) is 0 Å². The fourth-order valence-corrected chi connectivity index (χ4v) is 1.71. The Labute approximate surface area is 111 Å². The third-order valence-electron chi connectivity index (χ3n) is 2.69. The summed E-state index contributed by atoms with van der Waals surface area (Å²) in [4.78, 5) is 0. The number of hydrogen-bond donors (Lipinski definition) is 1. The Morgan fingerprint density at radius 2 is 2.16 bits per heavy atom. The first-order valence-electron chi connectivity index (χ1n) is 5.91. The Hall–Kier alpha value is -2.45. The third-order valence-corrected chi connectivity index (χ3v) is 2.69. The van der Waals surface area contributed by atoms with Crippen molar-refractivity contribution >= 4 is 11.5 Å². The van der Waals surface area contributed by atoms with Gasteiger partial charge in [-0.1, -0.05) is 18.2 Å². The van der Waals surface area contributed by atoms with Crippen molar-refractivity contribution in [3.63, 3.8) is 0 Å². The molecule has 2 rings (SSSR count). The lowest BCUT2D eigenvalue weighted by atomic mass is 10.1. The fraction of sp³-hybridized carbons (Fsp3) is 0.214. The van der Waals surface area contributed by atoms with Crippen LogP contribution >= 0.6 is 0 Å². The second-order valence-electron chi connectivity index (χ2n) is 3.93. The van der Waals surface area contributed by atoms with Crippen LogP contribution in [0.3, 0.4) is 0 Å². The highest BCUT2D eigenvalue weighted by molar-refractivity contribution is 5.64. The topological polar surface area (TPSA) is 70.8 Å². The molecular formula is C14H14N4O. The van der Waals surface area contributed by atoms with Crippen LogP contribution in [0.2, 0.25) is 0 Å². The van der Waals surface area contributed by atoms with E-state index in [1.807, 2.05) is 24.3 Å². The quantitative estimate of drug-likeness (QED) is 0.886. The smallest absolute Gasteiger partial charge is 0.171 e. The Kier molecular flexibility index (Phi) is 4.43. The summed E-state index contributed by atoms with van der Waals surface area (Å²) in [6.07, 6.45) is 2.29. The molecule has 0 bridgehead atoms. The summed E-state index contributed by atoms with van der Waals surface area (Å²) in [7, 11) is 1.67. The zero-order valence-electron chi connectivity index (χ0n) is 10.6. The molecule has 0 saturated heterocycles. The lowest BCUT2D eigenvalue weighted by molar-refractivity contribution is 0.202. The molecule has 0 spiro atoms. The number of rotatable bonds is 5. The Morgan fingerprint density at radius 1 is 1.32 bits per heavy atom. The maximum absolute atomic E-state index is 9.03. The summed E-state index contributed by atoms with van der Waals surface area (Å²) in [6.45, 7) is 0.643. The molecule has 0 atom stereocenters. The van der Waals surface area contributed by atoms with E-state index in [1.165, 1.54) is 6.20 Å². The molecule has 0 radical (unpaired) electrons. The van der Waals surface area contributed by atoms with Gasteiger partial charge in [0.05, 0.1) is 18.4 Å². The van der Waals surface area contributed by atoms with E-state index < -0.39 is 0 Å². The van der Waals surface area contributed by atoms with Crippen LogP contribution in [-0.2, 0) is 11.2 Å². The number of nitrogens with zero attached hydrogens (tertiary/aromatic N) is 3. The first-order valence-corrected chi connectivity index (χ1v) is 5.91. The van der Waals surface area contributed by atoms with Crippen molar-refractivity contribution in [3.05, 3.63) is 47.7 Å². The minimum absolute atomic E-state index is 0.467. The molecule has 0 aliphatic carbocycles. The molecule has 1 N–H and O–H groups in total. The van der Waals surface area contributed by atoms with Crippen LogP contribution in [0.15, 0.2) is 36.5 Å². The lowest BCUT2D eigenvalue weighted by Gasteiger charge is -2.11. The van der Waals surface area contributed by atoms with Crippen LogP contribution in [0.25, 0.3) is 0 Å². The van der Waals surface area contributed by atoms with E-state index in [0.29, 0.717) is 18.0 Å². The predicted octanol–water partition coefficient (Wildman–Crippen LogP) is 2.28. The molecule has 0 saturated carbocycles. The molecule has 96 valence electrons. The monoisotopic (exact) mass is 254 g/mol. The van der Waals surface area contributed by atoms with Gasteiger partial charge in [0, 0.05) is 12.8 Å². The summed E-state index contributed by atoms with van der Waals surface area (Å²) in [5.41, 5.74) is 2.49. The van der Waals surface area contributed by atoms with E-state index in [1.54, 1.807) is 13.2 Å². The van der Waals surface area contributed by atoms with Gasteiger partial charge in [0.1, 0.15) is 6.07 Å². The standard InChI is InChI=1S/C14H14N4O/c1-19-9-7-11-4-2-3-5-13(11)17-14-12(10-15)6-8-16-18-14/h2-6,8H,7,9H2,1H3,(H,17,18). The van der Waals surface area contributed by atoms with E-state index in [4.69, 9.17) is 10.00 Å². The average Bonchev–Trinajstić information content (AvgIpc) is 2.47. The largest absolute Gasteiger partial charge is 0.384 e. The number of methoxy groups -OCH3 is 1. The third kappa shape index (κ3) is 3.27. The highest BCUT2D eigenvalue weighted by Gasteiger charge is 2.07. The molecule has 0 fully saturated rings. The maximum atomic E-state index is 9.03. The summed E-state index contributed by atoms with van der Waals surface area (Å²) in [5.74, 6) is 0.467. The molecule has 1 heterocycles. The fourth-order valence-electron chi connectivity index (χ4n) is 1.71. The molecule has 0 aliphatic rings. The normalized spacial score (nSPS) is 9.89. The molecule has 1 aromatic carbocycles. The molecule has 1 aromatic heterocycles. The van der Waals surface area contributed by atoms with Crippen LogP contribution in [0.1, 0.15) is 11.1 Å². The van der Waals surface area contributed by atoms with Gasteiger partial charge in [-0.05, 0) is 24.1 Å². The number of anilines is 2. The van der Waals surface area contributed by atoms with Gasteiger partial charge < -0.3 is 10.1 Å². The second-order valence-corrected chi connectivity index (χ2v) is 3.93. The van der Waals surface area contributed by atoms with Crippen LogP contribution in [-0.4, -0.2) is 23.9 Å². The van der Waals surface area contributed by atoms with Gasteiger partial charge in [-0.3, -0.25) is 0 Å². The van der Waals surface area contributed by atoms with Gasteiger partial charge in [-0.15, -0.1) is 5.10 Å². The van der Waals surface area contributed by atoms with Crippen molar-refractivity contribution in [2.75, 3.05) is 19.0 Å². The van der Waals surface area contributed by atoms with Crippen LogP contribution in [0.4, 0.5) is 11.5 Å². The molecule has 5 nitrogen and oxygen atoms in total. The summed E-state index contributed by atoms with van der Waals surface area (Å²) < 4.78 is 5.09. The SMILES string of the molecule is COCCc1ccccc1Nc1nnccc1C#N. The first kappa shape index (κ1) is 13.0. The van der Waals surface area contributed by atoms with Crippen molar-refractivity contribution in [2.45, 2.75) is 6.42 Å². The van der Waals surface area contributed by atoms with Crippen molar-refractivity contribution in [1.29, 1.82) is 5.26 Å². The molecule has 0 unspecified atom stereocenters. The molecule has 5 heteroatoms. The summed E-state index contributed by atoms with van der Waals surface area (Å²) in [5, 5.41) is 19.9. The van der Waals surface area contributed by atoms with E-state index in [2.05, 4.69) is 21.6 Å². The van der Waals surface area contributed by atoms with E-state index in [-0.39, 0.29) is 0 Å². The molecular weight excluding hydrogens is 240 g/mol. The van der Waals surface area contributed by atoms with Crippen molar-refractivity contribution in [1.82, 2.24) is 10.2 Å². The maximum Gasteiger partial charge on any atom is 0.171 e. The minimum Gasteiger partial charge on any atom is -0.384 e. The second kappa shape index (κ2) is 6.47. The van der Waals surface area contributed by atoms with E-state index >= 15 is 0 Å². The number of nitrogens with one attached hydrogen (secondary N) is 1. The number of hydrogen-bond acceptors (Lipinski definition) is 5. The Balaban J connectivity index is 2.26. The van der Waals surface area contributed by atoms with Crippen molar-refractivity contribution in [3.8, 4) is 6.07 Å². The van der Waals surface area contributed by atoms with Gasteiger partial charge in [-0.2, -0.15) is 10.4 Å². The van der Waals surface area contributed by atoms with Gasteiger partial charge in [0.2, 0.25) is 0 Å². The lowest BCUT2D eigenvalue weighted by Crippen LogP contribution is -2.03. The molecule has 19 heavy (non-hydrogen) atoms. The first-order chi connectivity index (χ1) is 9.35. The van der Waals surface area contributed by atoms with Crippen LogP contribution < -0.4 is 5.32 Å². The number of nitriles is 1. The van der Waals surface area contributed by atoms with Crippen LogP contribution in [0, 0.1) is 11.3 Å². The highest BCUT2D eigenvalue weighted by atomic mass is 16.5. The zero-order valence-corrected chi connectivity index (χ0v) is 10.6. The molecule has 0 aliphatic heterocycles. The minimum atomic E-state index is 0.467. The van der Waals surface area contributed by atoms with Gasteiger partial charge in [-0.25, -0.2) is 0 Å². The highest BCUT2D eigenvalue weighted by Crippen LogP contribution is 2.21. The van der Waals surface area contributed by atoms with E-state index in [0.717, 1.165) is 17.7 Å². The Bertz CT molecular complexity index is 592. The summed E-state index contributed by atoms with van der Waals surface area (Å²) in [6, 6.07) is 11.6. The average molecular weight is 254 g/mol. The molecule has 0 amide bonds.